The first-order valence-corrected chi connectivity index (χ1v) is 12.0. The Morgan fingerprint density at radius 3 is 2.59 bits per heavy atom. The summed E-state index contributed by atoms with van der Waals surface area (Å²) in [5.41, 5.74) is 1.49. The first-order chi connectivity index (χ1) is 16.4. The summed E-state index contributed by atoms with van der Waals surface area (Å²) in [5.74, 6) is 0.906. The predicted molar refractivity (Wildman–Crippen MR) is 124 cm³/mol. The highest BCUT2D eigenvalue weighted by atomic mass is 16.5. The van der Waals surface area contributed by atoms with E-state index in [0.29, 0.717) is 11.6 Å². The van der Waals surface area contributed by atoms with Crippen LogP contribution >= 0.6 is 0 Å². The molecule has 4 rings (SSSR count). The van der Waals surface area contributed by atoms with Gasteiger partial charge in [0.1, 0.15) is 5.76 Å². The lowest BCUT2D eigenvalue weighted by Crippen LogP contribution is -2.50. The number of aromatic nitrogens is 1. The van der Waals surface area contributed by atoms with Gasteiger partial charge in [0.2, 0.25) is 5.91 Å². The van der Waals surface area contributed by atoms with Crippen LogP contribution in [0.4, 0.5) is 4.79 Å². The Labute approximate surface area is 198 Å². The second kappa shape index (κ2) is 10.7. The number of nitrogens with zero attached hydrogens (tertiary/aromatic N) is 1. The van der Waals surface area contributed by atoms with Crippen molar-refractivity contribution in [2.75, 3.05) is 0 Å². The molecule has 0 spiro atoms. The molecule has 2 aliphatic carbocycles. The number of nitrogens with one attached hydrogen (secondary N) is 3. The molecule has 4 N–H and O–H groups in total. The van der Waals surface area contributed by atoms with Crippen LogP contribution in [0, 0.1) is 5.92 Å². The van der Waals surface area contributed by atoms with Gasteiger partial charge < -0.3 is 25.6 Å². The van der Waals surface area contributed by atoms with Gasteiger partial charge in [0.25, 0.3) is 5.91 Å². The maximum atomic E-state index is 12.9. The van der Waals surface area contributed by atoms with Crippen LogP contribution in [0.5, 0.6) is 0 Å². The molecule has 1 unspecified atom stereocenters. The lowest BCUT2D eigenvalue weighted by Gasteiger charge is -2.37. The van der Waals surface area contributed by atoms with Crippen molar-refractivity contribution < 1.29 is 24.0 Å². The third-order valence-corrected chi connectivity index (χ3v) is 6.61. The topological polar surface area (TPSA) is 134 Å². The third kappa shape index (κ3) is 6.59. The summed E-state index contributed by atoms with van der Waals surface area (Å²) in [6.45, 7) is 1.66. The first kappa shape index (κ1) is 23.8. The minimum absolute atomic E-state index is 0.0279. The van der Waals surface area contributed by atoms with E-state index in [-0.39, 0.29) is 36.2 Å². The van der Waals surface area contributed by atoms with Gasteiger partial charge in [0.05, 0.1) is 0 Å². The Hall–Kier alpha value is -3.36. The zero-order valence-corrected chi connectivity index (χ0v) is 19.3. The second-order valence-electron chi connectivity index (χ2n) is 9.55. The van der Waals surface area contributed by atoms with Crippen molar-refractivity contribution >= 4 is 17.9 Å². The fourth-order valence-corrected chi connectivity index (χ4v) is 4.75. The molecule has 2 aliphatic rings. The van der Waals surface area contributed by atoms with Gasteiger partial charge in [-0.1, -0.05) is 35.5 Å². The van der Waals surface area contributed by atoms with Crippen LogP contribution in [0.1, 0.15) is 73.2 Å². The molecule has 3 amide bonds. The average Bonchev–Trinajstić information content (AvgIpc) is 3.51. The van der Waals surface area contributed by atoms with Crippen molar-refractivity contribution in [3.8, 4) is 0 Å². The predicted octanol–water partition coefficient (Wildman–Crippen LogP) is 3.22. The van der Waals surface area contributed by atoms with E-state index >= 15 is 0 Å². The Morgan fingerprint density at radius 1 is 1.12 bits per heavy atom. The molecule has 0 radical (unpaired) electrons. The third-order valence-electron chi connectivity index (χ3n) is 6.61. The zero-order valence-electron chi connectivity index (χ0n) is 19.3. The lowest BCUT2D eigenvalue weighted by atomic mass is 9.78. The first-order valence-electron chi connectivity index (χ1n) is 12.0. The summed E-state index contributed by atoms with van der Waals surface area (Å²) in [6.07, 6.45) is 4.06. The highest BCUT2D eigenvalue weighted by molar-refractivity contribution is 5.92. The van der Waals surface area contributed by atoms with Gasteiger partial charge in [-0.25, -0.2) is 4.79 Å². The maximum Gasteiger partial charge on any atom is 0.404 e. The van der Waals surface area contributed by atoms with Crippen LogP contribution in [-0.2, 0) is 11.2 Å². The fraction of sp³-hybridized carbons (Fsp3) is 0.520. The summed E-state index contributed by atoms with van der Waals surface area (Å²) in [7, 11) is 0. The molecular weight excluding hydrogens is 436 g/mol. The van der Waals surface area contributed by atoms with Gasteiger partial charge in [-0.05, 0) is 56.9 Å². The minimum atomic E-state index is -1.14. The largest absolute Gasteiger partial charge is 0.465 e. The number of hydrogen-bond acceptors (Lipinski definition) is 5. The van der Waals surface area contributed by atoms with Crippen LogP contribution in [-0.4, -0.2) is 46.3 Å². The molecule has 0 bridgehead atoms. The van der Waals surface area contributed by atoms with Crippen molar-refractivity contribution in [1.29, 1.82) is 0 Å². The number of benzene rings is 1. The average molecular weight is 469 g/mol. The van der Waals surface area contributed by atoms with Crippen molar-refractivity contribution in [2.45, 2.75) is 75.9 Å². The van der Waals surface area contributed by atoms with Gasteiger partial charge in [-0.15, -0.1) is 0 Å². The summed E-state index contributed by atoms with van der Waals surface area (Å²) < 4.78 is 5.34. The molecule has 182 valence electrons. The van der Waals surface area contributed by atoms with E-state index in [4.69, 9.17) is 9.63 Å². The molecule has 1 heterocycles. The fourth-order valence-electron chi connectivity index (χ4n) is 4.75. The van der Waals surface area contributed by atoms with E-state index in [1.165, 1.54) is 5.56 Å². The Kier molecular flexibility index (Phi) is 7.49. The normalized spacial score (nSPS) is 23.0. The molecule has 9 heteroatoms. The van der Waals surface area contributed by atoms with Crippen LogP contribution in [0.15, 0.2) is 40.9 Å². The molecule has 34 heavy (non-hydrogen) atoms. The lowest BCUT2D eigenvalue weighted by molar-refractivity contribution is -0.122. The minimum Gasteiger partial charge on any atom is -0.465 e. The van der Waals surface area contributed by atoms with Gasteiger partial charge in [0, 0.05) is 36.5 Å². The van der Waals surface area contributed by atoms with E-state index in [0.717, 1.165) is 44.3 Å². The number of amides is 3. The van der Waals surface area contributed by atoms with Crippen molar-refractivity contribution in [3.63, 3.8) is 0 Å². The highest BCUT2D eigenvalue weighted by Gasteiger charge is 2.34. The number of carboxylic acid groups (broad SMARTS) is 1. The molecule has 0 aliphatic heterocycles. The maximum absolute atomic E-state index is 12.9. The van der Waals surface area contributed by atoms with Crippen LogP contribution in [0.25, 0.3) is 0 Å². The standard InChI is InChI=1S/C25H32N4O5/c1-15(26-25(32)33)11-23(30)27-19-9-10-20(18(13-19)12-16-5-3-2-4-6-16)28-24(31)21-14-22(34-29-21)17-7-8-17/h2-6,14-15,17-20,26H,7-13H2,1H3,(H,27,30)(H,28,31)(H,32,33)/t15?,18-,19+,20+/m0/s1. The van der Waals surface area contributed by atoms with Crippen molar-refractivity contribution in [2.24, 2.45) is 5.92 Å². The van der Waals surface area contributed by atoms with Crippen LogP contribution < -0.4 is 16.0 Å². The zero-order chi connectivity index (χ0) is 24.1. The van der Waals surface area contributed by atoms with E-state index in [1.54, 1.807) is 13.0 Å². The molecular formula is C25H32N4O5. The van der Waals surface area contributed by atoms with Gasteiger partial charge in [0.15, 0.2) is 5.69 Å². The molecule has 2 saturated carbocycles. The molecule has 2 fully saturated rings. The van der Waals surface area contributed by atoms with Gasteiger partial charge in [-0.3, -0.25) is 9.59 Å². The molecule has 1 aromatic heterocycles. The Bertz CT molecular complexity index is 1000. The second-order valence-corrected chi connectivity index (χ2v) is 9.55. The smallest absolute Gasteiger partial charge is 0.404 e. The monoisotopic (exact) mass is 468 g/mol. The number of carbonyl (C=O) groups is 3. The molecule has 4 atom stereocenters. The highest BCUT2D eigenvalue weighted by Crippen LogP contribution is 2.40. The molecule has 9 nitrogen and oxygen atoms in total. The summed E-state index contributed by atoms with van der Waals surface area (Å²) in [5, 5.41) is 21.3. The van der Waals surface area contributed by atoms with E-state index in [9.17, 15) is 14.4 Å². The summed E-state index contributed by atoms with van der Waals surface area (Å²) in [6, 6.07) is 11.3. The Balaban J connectivity index is 1.38. The van der Waals surface area contributed by atoms with Crippen molar-refractivity contribution in [3.05, 3.63) is 53.4 Å². The van der Waals surface area contributed by atoms with E-state index < -0.39 is 12.1 Å². The van der Waals surface area contributed by atoms with E-state index in [1.807, 2.05) is 18.2 Å². The molecule has 2 aromatic rings. The summed E-state index contributed by atoms with van der Waals surface area (Å²) >= 11 is 0. The number of hydrogen-bond donors (Lipinski definition) is 4. The van der Waals surface area contributed by atoms with Crippen LogP contribution in [0.3, 0.4) is 0 Å². The number of rotatable bonds is 9. The summed E-state index contributed by atoms with van der Waals surface area (Å²) in [4.78, 5) is 36.1. The van der Waals surface area contributed by atoms with Gasteiger partial charge >= 0.3 is 6.09 Å². The Morgan fingerprint density at radius 2 is 1.88 bits per heavy atom. The molecule has 1 aromatic carbocycles. The van der Waals surface area contributed by atoms with E-state index in [2.05, 4.69) is 33.2 Å². The number of carbonyl (C=O) groups excluding carboxylic acids is 2. The molecule has 0 saturated heterocycles. The van der Waals surface area contributed by atoms with Gasteiger partial charge in [-0.2, -0.15) is 0 Å². The SMILES string of the molecule is CC(CC(=O)N[C@@H]1CC[C@@H](NC(=O)c2cc(C3CC3)on2)[C@@H](Cc2ccccc2)C1)NC(=O)O. The quantitative estimate of drug-likeness (QED) is 0.447. The van der Waals surface area contributed by atoms with Crippen LogP contribution in [0.2, 0.25) is 0 Å². The van der Waals surface area contributed by atoms with Crippen molar-refractivity contribution in [1.82, 2.24) is 21.1 Å².